The van der Waals surface area contributed by atoms with E-state index in [1.165, 1.54) is 6.07 Å². The summed E-state index contributed by atoms with van der Waals surface area (Å²) in [5, 5.41) is 3.30. The number of rotatable bonds is 3. The lowest BCUT2D eigenvalue weighted by molar-refractivity contribution is 0.375. The molecule has 0 aliphatic carbocycles. The number of halogens is 1. The quantitative estimate of drug-likeness (QED) is 0.911. The lowest BCUT2D eigenvalue weighted by atomic mass is 9.92. The lowest BCUT2D eigenvalue weighted by Crippen LogP contribution is -2.30. The molecule has 100 valence electrons. The van der Waals surface area contributed by atoms with Crippen LogP contribution in [-0.2, 0) is 16.3 Å². The molecule has 0 saturated carbocycles. The van der Waals surface area contributed by atoms with Crippen LogP contribution in [0.1, 0.15) is 18.4 Å². The molecule has 1 N–H and O–H groups in total. The second kappa shape index (κ2) is 5.36. The highest BCUT2D eigenvalue weighted by Crippen LogP contribution is 2.20. The van der Waals surface area contributed by atoms with Crippen LogP contribution in [0.4, 0.5) is 4.39 Å². The number of hydrogen-bond acceptors (Lipinski definition) is 3. The maximum absolute atomic E-state index is 13.4. The van der Waals surface area contributed by atoms with Gasteiger partial charge < -0.3 is 5.32 Å². The van der Waals surface area contributed by atoms with Crippen molar-refractivity contribution in [2.24, 2.45) is 5.92 Å². The predicted molar refractivity (Wildman–Crippen MR) is 68.8 cm³/mol. The summed E-state index contributed by atoms with van der Waals surface area (Å²) in [4.78, 5) is 0.0706. The van der Waals surface area contributed by atoms with Gasteiger partial charge in [-0.1, -0.05) is 0 Å². The Kier molecular flexibility index (Phi) is 4.02. The monoisotopic (exact) mass is 271 g/mol. The fraction of sp³-hybridized carbons (Fsp3) is 0.538. The average Bonchev–Trinajstić information content (AvgIpc) is 2.28. The molecule has 2 rings (SSSR count). The first-order valence-electron chi connectivity index (χ1n) is 6.15. The Labute approximate surface area is 107 Å². The second-order valence-electron chi connectivity index (χ2n) is 4.98. The molecule has 1 aromatic carbocycles. The number of nitrogens with one attached hydrogen (secondary N) is 1. The van der Waals surface area contributed by atoms with Crippen LogP contribution < -0.4 is 5.32 Å². The third kappa shape index (κ3) is 3.53. The molecule has 0 radical (unpaired) electrons. The number of piperidine rings is 1. The summed E-state index contributed by atoms with van der Waals surface area (Å²) >= 11 is 0. The van der Waals surface area contributed by atoms with E-state index in [9.17, 15) is 12.8 Å². The normalized spacial score (nSPS) is 20.9. The highest BCUT2D eigenvalue weighted by atomic mass is 32.2. The third-order valence-electron chi connectivity index (χ3n) is 3.28. The molecule has 18 heavy (non-hydrogen) atoms. The number of hydrogen-bond donors (Lipinski definition) is 1. The molecule has 5 heteroatoms. The van der Waals surface area contributed by atoms with Gasteiger partial charge in [-0.25, -0.2) is 12.8 Å². The van der Waals surface area contributed by atoms with E-state index in [4.69, 9.17) is 0 Å². The molecule has 0 aromatic heterocycles. The van der Waals surface area contributed by atoms with Crippen LogP contribution in [0, 0.1) is 11.7 Å². The lowest BCUT2D eigenvalue weighted by Gasteiger charge is -2.22. The number of benzene rings is 1. The van der Waals surface area contributed by atoms with Gasteiger partial charge in [-0.15, -0.1) is 0 Å². The van der Waals surface area contributed by atoms with Crippen molar-refractivity contribution in [3.8, 4) is 0 Å². The second-order valence-corrected chi connectivity index (χ2v) is 7.00. The molecule has 1 atom stereocenters. The van der Waals surface area contributed by atoms with E-state index in [0.717, 1.165) is 50.2 Å². The summed E-state index contributed by atoms with van der Waals surface area (Å²) in [6.45, 7) is 1.96. The maximum Gasteiger partial charge on any atom is 0.175 e. The van der Waals surface area contributed by atoms with Crippen LogP contribution >= 0.6 is 0 Å². The van der Waals surface area contributed by atoms with Crippen LogP contribution in [0.15, 0.2) is 23.1 Å². The van der Waals surface area contributed by atoms with Gasteiger partial charge in [0.1, 0.15) is 5.82 Å². The highest BCUT2D eigenvalue weighted by Gasteiger charge is 2.16. The first kappa shape index (κ1) is 13.5. The fourth-order valence-electron chi connectivity index (χ4n) is 2.38. The molecule has 0 amide bonds. The van der Waals surface area contributed by atoms with Crippen molar-refractivity contribution >= 4 is 9.84 Å². The maximum atomic E-state index is 13.4. The minimum atomic E-state index is -3.34. The third-order valence-corrected chi connectivity index (χ3v) is 4.37. The van der Waals surface area contributed by atoms with Crippen LogP contribution in [0.3, 0.4) is 0 Å². The van der Waals surface area contributed by atoms with Gasteiger partial charge in [0, 0.05) is 6.26 Å². The van der Waals surface area contributed by atoms with Crippen molar-refractivity contribution in [3.05, 3.63) is 29.6 Å². The van der Waals surface area contributed by atoms with Gasteiger partial charge in [-0.05, 0) is 62.0 Å². The smallest absolute Gasteiger partial charge is 0.175 e. The van der Waals surface area contributed by atoms with Crippen LogP contribution in [-0.4, -0.2) is 27.8 Å². The fourth-order valence-corrected chi connectivity index (χ4v) is 3.08. The largest absolute Gasteiger partial charge is 0.316 e. The molecule has 0 bridgehead atoms. The van der Waals surface area contributed by atoms with Crippen molar-refractivity contribution in [1.29, 1.82) is 0 Å². The minimum absolute atomic E-state index is 0.0706. The molecule has 1 fully saturated rings. The molecule has 1 heterocycles. The Morgan fingerprint density at radius 3 is 2.78 bits per heavy atom. The zero-order valence-electron chi connectivity index (χ0n) is 10.4. The molecule has 3 nitrogen and oxygen atoms in total. The highest BCUT2D eigenvalue weighted by molar-refractivity contribution is 7.90. The van der Waals surface area contributed by atoms with E-state index in [2.05, 4.69) is 5.32 Å². The Morgan fingerprint density at radius 2 is 2.17 bits per heavy atom. The summed E-state index contributed by atoms with van der Waals surface area (Å²) in [6.07, 6.45) is 4.07. The van der Waals surface area contributed by atoms with E-state index in [1.54, 1.807) is 6.07 Å². The van der Waals surface area contributed by atoms with E-state index in [0.29, 0.717) is 5.92 Å². The molecule has 1 aliphatic heterocycles. The molecular formula is C13H18FNO2S. The predicted octanol–water partition coefficient (Wildman–Crippen LogP) is 1.77. The molecule has 1 unspecified atom stereocenters. The van der Waals surface area contributed by atoms with Gasteiger partial charge >= 0.3 is 0 Å². The zero-order valence-corrected chi connectivity index (χ0v) is 11.3. The van der Waals surface area contributed by atoms with Gasteiger partial charge in [-0.2, -0.15) is 0 Å². The van der Waals surface area contributed by atoms with Gasteiger partial charge in [-0.3, -0.25) is 0 Å². The Morgan fingerprint density at radius 1 is 1.39 bits per heavy atom. The van der Waals surface area contributed by atoms with Crippen molar-refractivity contribution in [2.75, 3.05) is 19.3 Å². The molecule has 1 saturated heterocycles. The Bertz CT molecular complexity index is 522. The topological polar surface area (TPSA) is 46.2 Å². The van der Waals surface area contributed by atoms with Crippen molar-refractivity contribution in [3.63, 3.8) is 0 Å². The zero-order chi connectivity index (χ0) is 13.2. The summed E-state index contributed by atoms with van der Waals surface area (Å²) in [5.74, 6) is -0.00958. The van der Waals surface area contributed by atoms with E-state index in [1.807, 2.05) is 0 Å². The van der Waals surface area contributed by atoms with Crippen molar-refractivity contribution in [2.45, 2.75) is 24.2 Å². The van der Waals surface area contributed by atoms with Gasteiger partial charge in [0.25, 0.3) is 0 Å². The summed E-state index contributed by atoms with van der Waals surface area (Å²) in [5.41, 5.74) is 0.768. The molecule has 0 spiro atoms. The van der Waals surface area contributed by atoms with E-state index < -0.39 is 15.7 Å². The average molecular weight is 271 g/mol. The van der Waals surface area contributed by atoms with Crippen LogP contribution in [0.25, 0.3) is 0 Å². The summed E-state index contributed by atoms with van der Waals surface area (Å²) in [6, 6.07) is 4.11. The molecular weight excluding hydrogens is 253 g/mol. The van der Waals surface area contributed by atoms with Crippen LogP contribution in [0.5, 0.6) is 0 Å². The Hall–Kier alpha value is -0.940. The van der Waals surface area contributed by atoms with Crippen molar-refractivity contribution in [1.82, 2.24) is 5.32 Å². The SMILES string of the molecule is CS(=O)(=O)c1cc(F)cc(CC2CCCNC2)c1. The standard InChI is InChI=1S/C13H18FNO2S/c1-18(16,17)13-7-11(6-12(14)8-13)5-10-3-2-4-15-9-10/h6-8,10,15H,2-5,9H2,1H3. The minimum Gasteiger partial charge on any atom is -0.316 e. The molecule has 1 aromatic rings. The molecule has 1 aliphatic rings. The first-order valence-corrected chi connectivity index (χ1v) is 8.04. The van der Waals surface area contributed by atoms with Crippen molar-refractivity contribution < 1.29 is 12.8 Å². The van der Waals surface area contributed by atoms with Gasteiger partial charge in [0.2, 0.25) is 0 Å². The van der Waals surface area contributed by atoms with E-state index >= 15 is 0 Å². The summed E-state index contributed by atoms with van der Waals surface area (Å²) < 4.78 is 36.3. The summed E-state index contributed by atoms with van der Waals surface area (Å²) in [7, 11) is -3.34. The van der Waals surface area contributed by atoms with Crippen LogP contribution in [0.2, 0.25) is 0 Å². The first-order chi connectivity index (χ1) is 8.45. The number of sulfone groups is 1. The Balaban J connectivity index is 2.20. The van der Waals surface area contributed by atoms with Gasteiger partial charge in [0.15, 0.2) is 9.84 Å². The van der Waals surface area contributed by atoms with E-state index in [-0.39, 0.29) is 4.90 Å². The van der Waals surface area contributed by atoms with Gasteiger partial charge in [0.05, 0.1) is 4.90 Å².